The Morgan fingerprint density at radius 2 is 1.76 bits per heavy atom. The maximum absolute atomic E-state index is 13.4. The number of nitrogens with zero attached hydrogens (tertiary/aromatic N) is 3. The number of allylic oxidation sites excluding steroid dienone is 1. The number of aromatic nitrogens is 1. The molecule has 0 unspecified atom stereocenters. The van der Waals surface area contributed by atoms with Crippen molar-refractivity contribution in [3.8, 4) is 16.3 Å². The number of likely N-dealkylation sites (tertiary alicyclic amines) is 2. The van der Waals surface area contributed by atoms with Gasteiger partial charge in [0.15, 0.2) is 5.75 Å². The molecule has 2 saturated heterocycles. The quantitative estimate of drug-likeness (QED) is 0.0917. The summed E-state index contributed by atoms with van der Waals surface area (Å²) in [5, 5.41) is 35.2. The number of methoxy groups -OCH3 is 1. The highest BCUT2D eigenvalue weighted by atomic mass is 32.1. The standard InChI is InChI=1S/C30H40N8O7S/c1-45-25-19(28-33-16-22(46-28)29(41)38-13-9-18(10-14-38)37-11-2-3-12-37)5-4-6-20(25)34-21(24(32)27(40)36-30(42,43)44)15-23(31)35-26(39)17-7-8-17/h4-6,15-18,34,42-44H,2-3,7-14,31-32H2,1H3,(H,35,39)(H,36,40)/b23-15+,24-21+. The fraction of sp³-hybridized carbons (Fsp3) is 0.467. The van der Waals surface area contributed by atoms with Crippen LogP contribution < -0.4 is 32.2 Å². The van der Waals surface area contributed by atoms with Gasteiger partial charge < -0.3 is 52.0 Å². The van der Waals surface area contributed by atoms with Crippen LogP contribution in [0, 0.1) is 5.92 Å². The number of rotatable bonds is 11. The van der Waals surface area contributed by atoms with Gasteiger partial charge in [-0.2, -0.15) is 0 Å². The molecule has 2 aliphatic heterocycles. The van der Waals surface area contributed by atoms with Gasteiger partial charge in [-0.05, 0) is 63.7 Å². The number of carbonyl (C=O) groups is 3. The third kappa shape index (κ3) is 8.13. The van der Waals surface area contributed by atoms with Crippen LogP contribution in [0.4, 0.5) is 5.69 Å². The van der Waals surface area contributed by atoms with Crippen LogP contribution in [-0.2, 0) is 9.59 Å². The van der Waals surface area contributed by atoms with Crippen LogP contribution in [0.5, 0.6) is 5.75 Å². The van der Waals surface area contributed by atoms with Crippen LogP contribution in [0.3, 0.4) is 0 Å². The molecule has 10 N–H and O–H groups in total. The molecule has 1 aliphatic carbocycles. The molecule has 5 rings (SSSR count). The minimum Gasteiger partial charge on any atom is -0.494 e. The topological polar surface area (TPSA) is 229 Å². The summed E-state index contributed by atoms with van der Waals surface area (Å²) in [6, 6.07) is 5.61. The number of benzene rings is 1. The van der Waals surface area contributed by atoms with E-state index in [9.17, 15) is 29.7 Å². The Bertz CT molecular complexity index is 1520. The minimum absolute atomic E-state index is 0.0672. The Morgan fingerprint density at radius 3 is 2.39 bits per heavy atom. The lowest BCUT2D eigenvalue weighted by molar-refractivity contribution is -0.325. The normalized spacial score (nSPS) is 18.6. The van der Waals surface area contributed by atoms with Crippen molar-refractivity contribution in [3.63, 3.8) is 0 Å². The van der Waals surface area contributed by atoms with Crippen LogP contribution in [0.25, 0.3) is 10.6 Å². The first-order chi connectivity index (χ1) is 21.9. The smallest absolute Gasteiger partial charge is 0.369 e. The monoisotopic (exact) mass is 656 g/mol. The highest BCUT2D eigenvalue weighted by Gasteiger charge is 2.31. The molecule has 15 nitrogen and oxygen atoms in total. The number of aliphatic hydroxyl groups is 3. The lowest BCUT2D eigenvalue weighted by Gasteiger charge is -2.36. The molecule has 3 heterocycles. The van der Waals surface area contributed by atoms with Gasteiger partial charge in [0.25, 0.3) is 11.8 Å². The lowest BCUT2D eigenvalue weighted by atomic mass is 10.0. The van der Waals surface area contributed by atoms with Crippen LogP contribution in [0.15, 0.2) is 47.7 Å². The molecule has 46 heavy (non-hydrogen) atoms. The fourth-order valence-corrected chi connectivity index (χ4v) is 6.57. The lowest BCUT2D eigenvalue weighted by Crippen LogP contribution is -2.50. The number of hydrogen-bond donors (Lipinski definition) is 8. The number of ether oxygens (including phenoxy) is 1. The van der Waals surface area contributed by atoms with E-state index in [-0.39, 0.29) is 29.3 Å². The van der Waals surface area contributed by atoms with Gasteiger partial charge in [0.1, 0.15) is 21.4 Å². The molecule has 248 valence electrons. The molecule has 3 amide bonds. The molecule has 3 aliphatic rings. The van der Waals surface area contributed by atoms with Gasteiger partial charge >= 0.3 is 6.10 Å². The molecule has 1 aromatic carbocycles. The summed E-state index contributed by atoms with van der Waals surface area (Å²) >= 11 is 1.23. The Balaban J connectivity index is 1.36. The Morgan fingerprint density at radius 1 is 1.07 bits per heavy atom. The van der Waals surface area contributed by atoms with Crippen molar-refractivity contribution >= 4 is 34.7 Å². The van der Waals surface area contributed by atoms with Gasteiger partial charge in [0.05, 0.1) is 30.3 Å². The molecule has 1 saturated carbocycles. The van der Waals surface area contributed by atoms with Crippen LogP contribution in [0.2, 0.25) is 0 Å². The van der Waals surface area contributed by atoms with Gasteiger partial charge in [0.2, 0.25) is 5.91 Å². The zero-order valence-electron chi connectivity index (χ0n) is 25.5. The molecular weight excluding hydrogens is 616 g/mol. The minimum atomic E-state index is -3.54. The summed E-state index contributed by atoms with van der Waals surface area (Å²) in [5.41, 5.74) is 12.1. The average molecular weight is 657 g/mol. The van der Waals surface area contributed by atoms with E-state index in [0.717, 1.165) is 38.8 Å². The highest BCUT2D eigenvalue weighted by Crippen LogP contribution is 2.39. The van der Waals surface area contributed by atoms with Crippen molar-refractivity contribution in [1.82, 2.24) is 25.4 Å². The molecule has 16 heteroatoms. The average Bonchev–Trinajstić information content (AvgIpc) is 3.51. The molecule has 0 spiro atoms. The van der Waals surface area contributed by atoms with Crippen molar-refractivity contribution in [1.29, 1.82) is 0 Å². The number of piperidine rings is 1. The Labute approximate surface area is 269 Å². The third-order valence-corrected chi connectivity index (χ3v) is 9.19. The zero-order chi connectivity index (χ0) is 33.0. The van der Waals surface area contributed by atoms with Crippen molar-refractivity contribution in [2.45, 2.75) is 50.7 Å². The molecule has 2 aromatic rings. The van der Waals surface area contributed by atoms with E-state index in [1.807, 2.05) is 4.90 Å². The molecule has 1 aromatic heterocycles. The first-order valence-corrected chi connectivity index (χ1v) is 16.0. The number of nitrogens with two attached hydrogens (primary N) is 2. The van der Waals surface area contributed by atoms with Gasteiger partial charge in [0, 0.05) is 31.1 Å². The predicted molar refractivity (Wildman–Crippen MR) is 169 cm³/mol. The van der Waals surface area contributed by atoms with E-state index in [1.54, 1.807) is 24.4 Å². The van der Waals surface area contributed by atoms with E-state index >= 15 is 0 Å². The number of anilines is 1. The molecule has 0 atom stereocenters. The number of hydrogen-bond acceptors (Lipinski definition) is 13. The summed E-state index contributed by atoms with van der Waals surface area (Å²) in [4.78, 5) is 47.6. The summed E-state index contributed by atoms with van der Waals surface area (Å²) in [7, 11) is 1.44. The van der Waals surface area contributed by atoms with Crippen molar-refractivity contribution in [2.24, 2.45) is 17.4 Å². The van der Waals surface area contributed by atoms with E-state index < -0.39 is 17.7 Å². The van der Waals surface area contributed by atoms with Gasteiger partial charge in [-0.15, -0.1) is 11.3 Å². The van der Waals surface area contributed by atoms with Gasteiger partial charge in [-0.25, -0.2) is 4.98 Å². The third-order valence-electron chi connectivity index (χ3n) is 8.18. The summed E-state index contributed by atoms with van der Waals surface area (Å²) in [6.07, 6.45) is 5.06. The second-order valence-electron chi connectivity index (χ2n) is 11.6. The predicted octanol–water partition coefficient (Wildman–Crippen LogP) is 0.132. The maximum Gasteiger partial charge on any atom is 0.369 e. The zero-order valence-corrected chi connectivity index (χ0v) is 26.3. The number of amides is 3. The van der Waals surface area contributed by atoms with Gasteiger partial charge in [-0.1, -0.05) is 6.07 Å². The van der Waals surface area contributed by atoms with Crippen LogP contribution >= 0.6 is 11.3 Å². The molecule has 3 fully saturated rings. The summed E-state index contributed by atoms with van der Waals surface area (Å²) < 4.78 is 5.71. The first-order valence-electron chi connectivity index (χ1n) is 15.1. The maximum atomic E-state index is 13.4. The Hall–Kier alpha value is -4.22. The summed E-state index contributed by atoms with van der Waals surface area (Å²) in [6.45, 7) is 3.67. The second kappa shape index (κ2) is 14.0. The second-order valence-corrected chi connectivity index (χ2v) is 12.6. The SMILES string of the molecule is COc1c(NC(/C=C(\N)NC(=O)C2CC2)=C(/N)C(=O)NC(O)(O)O)cccc1-c1ncc(C(=O)N2CCC(N3CCCC3)CC2)s1. The van der Waals surface area contributed by atoms with E-state index in [2.05, 4.69) is 20.5 Å². The first kappa shape index (κ1) is 33.2. The number of para-hydroxylation sites is 1. The fourth-order valence-electron chi connectivity index (χ4n) is 5.67. The van der Waals surface area contributed by atoms with Crippen LogP contribution in [-0.4, -0.2) is 93.3 Å². The number of carbonyl (C=O) groups excluding carboxylic acids is 3. The highest BCUT2D eigenvalue weighted by molar-refractivity contribution is 7.17. The number of nitrogens with one attached hydrogen (secondary N) is 3. The van der Waals surface area contributed by atoms with Crippen molar-refractivity contribution in [3.05, 3.63) is 52.6 Å². The molecular formula is C30H40N8O7S. The molecule has 0 radical (unpaired) electrons. The van der Waals surface area contributed by atoms with Gasteiger partial charge in [-0.3, -0.25) is 19.7 Å². The van der Waals surface area contributed by atoms with E-state index in [4.69, 9.17) is 16.2 Å². The molecule has 0 bridgehead atoms. The van der Waals surface area contributed by atoms with E-state index in [0.29, 0.717) is 46.0 Å². The van der Waals surface area contributed by atoms with E-state index in [1.165, 1.54) is 42.7 Å². The van der Waals surface area contributed by atoms with Crippen molar-refractivity contribution < 1.29 is 34.4 Å². The number of thiazole rings is 1. The van der Waals surface area contributed by atoms with Crippen LogP contribution in [0.1, 0.15) is 48.2 Å². The largest absolute Gasteiger partial charge is 0.494 e. The summed E-state index contributed by atoms with van der Waals surface area (Å²) in [5.74, 6) is -1.61. The Kier molecular flexibility index (Phi) is 10.1. The van der Waals surface area contributed by atoms with Crippen molar-refractivity contribution in [2.75, 3.05) is 38.6 Å².